The fourth-order valence-corrected chi connectivity index (χ4v) is 4.62. The van der Waals surface area contributed by atoms with Gasteiger partial charge in [0, 0.05) is 35.2 Å². The van der Waals surface area contributed by atoms with Gasteiger partial charge >= 0.3 is 5.97 Å². The second kappa shape index (κ2) is 11.4. The van der Waals surface area contributed by atoms with Crippen LogP contribution in [0.4, 0.5) is 4.39 Å². The maximum Gasteiger partial charge on any atom is 0.305 e. The number of aliphatic carboxylic acids is 1. The summed E-state index contributed by atoms with van der Waals surface area (Å²) in [6.07, 6.45) is 0.373. The molecule has 0 fully saturated rings. The molecule has 0 saturated carbocycles. The number of fused-ring (bicyclic) bond motifs is 1. The van der Waals surface area contributed by atoms with E-state index in [-0.39, 0.29) is 18.2 Å². The molecule has 7 nitrogen and oxygen atoms in total. The van der Waals surface area contributed by atoms with Crippen LogP contribution in [0.5, 0.6) is 0 Å². The highest BCUT2D eigenvalue weighted by molar-refractivity contribution is 6.30. The molecule has 4 rings (SSSR count). The average molecular weight is 538 g/mol. The number of carboxylic acids is 1. The molecule has 2 aromatic carbocycles. The van der Waals surface area contributed by atoms with Gasteiger partial charge in [-0.25, -0.2) is 14.1 Å². The van der Waals surface area contributed by atoms with Gasteiger partial charge in [-0.2, -0.15) is 5.10 Å². The molecule has 0 aliphatic carbocycles. The Balaban J connectivity index is 1.98. The Hall–Kier alpha value is -3.59. The van der Waals surface area contributed by atoms with Gasteiger partial charge in [-0.1, -0.05) is 61.9 Å². The molecule has 0 spiro atoms. The summed E-state index contributed by atoms with van der Waals surface area (Å²) in [4.78, 5) is 15.9. The van der Waals surface area contributed by atoms with Crippen molar-refractivity contribution < 1.29 is 24.5 Å². The lowest BCUT2D eigenvalue weighted by atomic mass is 9.90. The molecule has 0 bridgehead atoms. The Labute approximate surface area is 224 Å². The van der Waals surface area contributed by atoms with Gasteiger partial charge in [0.05, 0.1) is 29.7 Å². The Morgan fingerprint density at radius 1 is 1.08 bits per heavy atom. The number of aryl methyl sites for hydroxylation is 1. The minimum Gasteiger partial charge on any atom is -0.481 e. The first-order valence-electron chi connectivity index (χ1n) is 12.2. The zero-order chi connectivity index (χ0) is 27.6. The van der Waals surface area contributed by atoms with E-state index in [2.05, 4.69) is 0 Å². The highest BCUT2D eigenvalue weighted by Crippen LogP contribution is 2.41. The highest BCUT2D eigenvalue weighted by Gasteiger charge is 2.24. The molecule has 0 aliphatic rings. The van der Waals surface area contributed by atoms with Crippen molar-refractivity contribution in [2.75, 3.05) is 0 Å². The molecule has 3 N–H and O–H groups in total. The molecule has 0 radical (unpaired) electrons. The van der Waals surface area contributed by atoms with Crippen molar-refractivity contribution in [2.45, 2.75) is 44.8 Å². The zero-order valence-electron chi connectivity index (χ0n) is 21.3. The number of carboxylic acid groups (broad SMARTS) is 1. The highest BCUT2D eigenvalue weighted by atomic mass is 35.5. The number of pyridine rings is 1. The average Bonchev–Trinajstić information content (AvgIpc) is 3.18. The van der Waals surface area contributed by atoms with Crippen molar-refractivity contribution in [1.82, 2.24) is 14.8 Å². The number of hydrogen-bond donors (Lipinski definition) is 3. The second-order valence-corrected chi connectivity index (χ2v) is 9.98. The molecule has 2 atom stereocenters. The summed E-state index contributed by atoms with van der Waals surface area (Å²) in [7, 11) is 1.82. The number of hydrogen-bond acceptors (Lipinski definition) is 5. The van der Waals surface area contributed by atoms with Gasteiger partial charge in [-0.3, -0.25) is 4.79 Å². The SMILES string of the molecule is CC(C)c1nc2c(c(-c3ccc(Cl)cc3)nn2C)c(-c2ccc(F)cc2)c1/C=C/C(O)CC(O)CC(=O)O. The predicted octanol–water partition coefficient (Wildman–Crippen LogP) is 5.82. The Morgan fingerprint density at radius 2 is 1.71 bits per heavy atom. The number of benzene rings is 2. The third-order valence-corrected chi connectivity index (χ3v) is 6.50. The van der Waals surface area contributed by atoms with E-state index in [9.17, 15) is 19.4 Å². The number of rotatable bonds is 9. The molecule has 4 aromatic rings. The minimum atomic E-state index is -1.19. The number of aliphatic hydroxyl groups excluding tert-OH is 2. The molecule has 9 heteroatoms. The van der Waals surface area contributed by atoms with Crippen molar-refractivity contribution in [3.63, 3.8) is 0 Å². The summed E-state index contributed by atoms with van der Waals surface area (Å²) in [5, 5.41) is 35.6. The third kappa shape index (κ3) is 5.93. The van der Waals surface area contributed by atoms with Crippen LogP contribution in [0.25, 0.3) is 39.5 Å². The molecular formula is C29H29ClFN3O4. The number of aromatic nitrogens is 3. The standard InChI is InChI=1S/C29H29ClFN3O4/c1-16(2)27-23(13-12-21(35)14-22(36)15-24(37)38)25(17-6-10-20(31)11-7-17)26-28(33-34(3)29(26)32-27)18-4-8-19(30)9-5-18/h4-13,16,21-22,35-36H,14-15H2,1-3H3,(H,37,38)/b13-12+. The van der Waals surface area contributed by atoms with Crippen molar-refractivity contribution in [1.29, 1.82) is 0 Å². The molecule has 0 aliphatic heterocycles. The number of aliphatic hydroxyl groups is 2. The summed E-state index contributed by atoms with van der Waals surface area (Å²) < 4.78 is 15.6. The first kappa shape index (κ1) is 27.4. The maximum absolute atomic E-state index is 13.9. The molecule has 2 unspecified atom stereocenters. The first-order valence-corrected chi connectivity index (χ1v) is 12.6. The van der Waals surface area contributed by atoms with Crippen LogP contribution >= 0.6 is 11.6 Å². The number of carbonyl (C=O) groups is 1. The van der Waals surface area contributed by atoms with E-state index in [0.717, 1.165) is 27.8 Å². The Bertz CT molecular complexity index is 1480. The molecular weight excluding hydrogens is 509 g/mol. The van der Waals surface area contributed by atoms with Gasteiger partial charge in [0.25, 0.3) is 0 Å². The normalized spacial score (nSPS) is 13.5. The monoisotopic (exact) mass is 537 g/mol. The third-order valence-electron chi connectivity index (χ3n) is 6.24. The summed E-state index contributed by atoms with van der Waals surface area (Å²) in [5.74, 6) is -1.52. The molecule has 2 aromatic heterocycles. The smallest absolute Gasteiger partial charge is 0.305 e. The van der Waals surface area contributed by atoms with E-state index < -0.39 is 24.6 Å². The summed E-state index contributed by atoms with van der Waals surface area (Å²) in [6, 6.07) is 13.5. The Kier molecular flexibility index (Phi) is 8.26. The molecule has 0 saturated heterocycles. The lowest BCUT2D eigenvalue weighted by Crippen LogP contribution is -2.19. The lowest BCUT2D eigenvalue weighted by Gasteiger charge is -2.17. The topological polar surface area (TPSA) is 108 Å². The maximum atomic E-state index is 13.9. The molecule has 38 heavy (non-hydrogen) atoms. The van der Waals surface area contributed by atoms with Gasteiger partial charge < -0.3 is 15.3 Å². The minimum absolute atomic E-state index is 0.0122. The number of halogens is 2. The van der Waals surface area contributed by atoms with Crippen LogP contribution < -0.4 is 0 Å². The van der Waals surface area contributed by atoms with Crippen LogP contribution in [0.2, 0.25) is 5.02 Å². The fourth-order valence-electron chi connectivity index (χ4n) is 4.50. The van der Waals surface area contributed by atoms with Crippen LogP contribution in [0.15, 0.2) is 54.6 Å². The van der Waals surface area contributed by atoms with E-state index >= 15 is 0 Å². The lowest BCUT2D eigenvalue weighted by molar-refractivity contribution is -0.139. The Morgan fingerprint density at radius 3 is 2.32 bits per heavy atom. The largest absolute Gasteiger partial charge is 0.481 e. The zero-order valence-corrected chi connectivity index (χ0v) is 22.0. The van der Waals surface area contributed by atoms with Crippen LogP contribution in [0.3, 0.4) is 0 Å². The first-order chi connectivity index (χ1) is 18.0. The van der Waals surface area contributed by atoms with Crippen LogP contribution in [0.1, 0.15) is 43.9 Å². The molecule has 0 amide bonds. The van der Waals surface area contributed by atoms with Gasteiger partial charge in [-0.15, -0.1) is 0 Å². The van der Waals surface area contributed by atoms with Crippen LogP contribution in [-0.4, -0.2) is 48.3 Å². The number of nitrogens with zero attached hydrogens (tertiary/aromatic N) is 3. The van der Waals surface area contributed by atoms with E-state index in [1.54, 1.807) is 35.0 Å². The van der Waals surface area contributed by atoms with Crippen molar-refractivity contribution >= 4 is 34.7 Å². The fraction of sp³-hybridized carbons (Fsp3) is 0.276. The van der Waals surface area contributed by atoms with Crippen molar-refractivity contribution in [3.8, 4) is 22.4 Å². The molecule has 198 valence electrons. The summed E-state index contributed by atoms with van der Waals surface area (Å²) in [5.41, 5.74) is 5.12. The second-order valence-electron chi connectivity index (χ2n) is 9.54. The van der Waals surface area contributed by atoms with Gasteiger partial charge in [0.15, 0.2) is 5.65 Å². The summed E-state index contributed by atoms with van der Waals surface area (Å²) >= 11 is 6.12. The van der Waals surface area contributed by atoms with E-state index in [1.165, 1.54) is 18.2 Å². The van der Waals surface area contributed by atoms with Gasteiger partial charge in [0.2, 0.25) is 0 Å². The molecule has 2 heterocycles. The summed E-state index contributed by atoms with van der Waals surface area (Å²) in [6.45, 7) is 4.01. The van der Waals surface area contributed by atoms with E-state index in [4.69, 9.17) is 26.8 Å². The van der Waals surface area contributed by atoms with E-state index in [0.29, 0.717) is 21.9 Å². The van der Waals surface area contributed by atoms with Crippen molar-refractivity contribution in [2.24, 2.45) is 7.05 Å². The van der Waals surface area contributed by atoms with E-state index in [1.807, 2.05) is 33.0 Å². The van der Waals surface area contributed by atoms with Crippen LogP contribution in [-0.2, 0) is 11.8 Å². The quantitative estimate of drug-likeness (QED) is 0.248. The predicted molar refractivity (Wildman–Crippen MR) is 146 cm³/mol. The van der Waals surface area contributed by atoms with Gasteiger partial charge in [0.1, 0.15) is 11.5 Å². The van der Waals surface area contributed by atoms with Gasteiger partial charge in [-0.05, 0) is 35.7 Å². The van der Waals surface area contributed by atoms with Crippen molar-refractivity contribution in [3.05, 3.63) is 76.7 Å². The van der Waals surface area contributed by atoms with Crippen LogP contribution in [0, 0.1) is 5.82 Å².